The predicted molar refractivity (Wildman–Crippen MR) is 126 cm³/mol. The van der Waals surface area contributed by atoms with Crippen molar-refractivity contribution in [3.05, 3.63) is 53.6 Å². The molecule has 2 N–H and O–H groups in total. The van der Waals surface area contributed by atoms with Crippen LogP contribution in [0.4, 0.5) is 5.69 Å². The molecule has 2 aromatic carbocycles. The third kappa shape index (κ3) is 3.91. The topological polar surface area (TPSA) is 103 Å². The van der Waals surface area contributed by atoms with Crippen LogP contribution in [0.2, 0.25) is 0 Å². The molecule has 0 atom stereocenters. The van der Waals surface area contributed by atoms with Gasteiger partial charge in [0.25, 0.3) is 5.91 Å². The van der Waals surface area contributed by atoms with Crippen molar-refractivity contribution in [3.8, 4) is 11.6 Å². The average molecular weight is 447 g/mol. The summed E-state index contributed by atoms with van der Waals surface area (Å²) in [5.41, 5.74) is 3.68. The van der Waals surface area contributed by atoms with Gasteiger partial charge in [-0.3, -0.25) is 4.79 Å². The predicted octanol–water partition coefficient (Wildman–Crippen LogP) is 2.51. The Morgan fingerprint density at radius 1 is 1.18 bits per heavy atom. The van der Waals surface area contributed by atoms with Gasteiger partial charge >= 0.3 is 0 Å². The Morgan fingerprint density at radius 2 is 1.97 bits per heavy atom. The Kier molecular flexibility index (Phi) is 5.47. The number of oxime groups is 1. The van der Waals surface area contributed by atoms with E-state index in [0.29, 0.717) is 35.8 Å². The fourth-order valence-corrected chi connectivity index (χ4v) is 4.16. The highest BCUT2D eigenvalue weighted by Gasteiger charge is 2.29. The van der Waals surface area contributed by atoms with Gasteiger partial charge in [0.05, 0.1) is 18.4 Å². The second kappa shape index (κ2) is 8.59. The number of amides is 1. The summed E-state index contributed by atoms with van der Waals surface area (Å²) in [6, 6.07) is 13.0. The number of nitrogens with one attached hydrogen (secondary N) is 1. The molecule has 2 aliphatic rings. The van der Waals surface area contributed by atoms with E-state index >= 15 is 0 Å². The second-order valence-electron chi connectivity index (χ2n) is 8.14. The smallest absolute Gasteiger partial charge is 0.263 e. The first kappa shape index (κ1) is 21.0. The van der Waals surface area contributed by atoms with Gasteiger partial charge in [0.15, 0.2) is 12.5 Å². The molecule has 0 unspecified atom stereocenters. The molecule has 9 nitrogen and oxygen atoms in total. The number of rotatable bonds is 5. The molecule has 1 amide bonds. The van der Waals surface area contributed by atoms with Gasteiger partial charge in [-0.2, -0.15) is 0 Å². The first-order valence-electron chi connectivity index (χ1n) is 10.8. The van der Waals surface area contributed by atoms with Crippen molar-refractivity contribution < 1.29 is 19.5 Å². The highest BCUT2D eigenvalue weighted by molar-refractivity contribution is 6.58. The molecule has 9 heteroatoms. The fraction of sp³-hybridized carbons (Fsp3) is 0.292. The van der Waals surface area contributed by atoms with Gasteiger partial charge < -0.3 is 29.5 Å². The molecular weight excluding hydrogens is 422 g/mol. The standard InChI is InChI=1S/C24H25N5O4/c1-28-9-11-29(12-10-28)20(30)14-33-27-22-16-5-3-4-6-18(16)25-23(22)21-17-13-15(32-2)7-8-19(17)26-24(21)31/h3-8,13,26,31H,9-12,14H2,1-2H3/b27-22+. The number of aromatic hydroxyl groups is 1. The van der Waals surface area contributed by atoms with Crippen LogP contribution in [-0.4, -0.2) is 84.2 Å². The summed E-state index contributed by atoms with van der Waals surface area (Å²) in [6.07, 6.45) is 0. The molecule has 2 aliphatic heterocycles. The third-order valence-corrected chi connectivity index (χ3v) is 6.04. The molecular formula is C24H25N5O4. The van der Waals surface area contributed by atoms with Crippen LogP contribution < -0.4 is 4.74 Å². The highest BCUT2D eigenvalue weighted by Crippen LogP contribution is 2.36. The maximum Gasteiger partial charge on any atom is 0.263 e. The van der Waals surface area contributed by atoms with Crippen LogP contribution >= 0.6 is 0 Å². The van der Waals surface area contributed by atoms with Crippen molar-refractivity contribution in [2.24, 2.45) is 10.1 Å². The minimum absolute atomic E-state index is 0.0222. The number of H-pyrrole nitrogens is 1. The summed E-state index contributed by atoms with van der Waals surface area (Å²) in [4.78, 5) is 29.8. The SMILES string of the molecule is COc1ccc2[nH]c(O)c(C3=Nc4ccccc4/C3=N\OCC(=O)N3CCN(C)CC3)c2c1. The zero-order valence-corrected chi connectivity index (χ0v) is 18.5. The van der Waals surface area contributed by atoms with Crippen molar-refractivity contribution in [1.29, 1.82) is 0 Å². The number of carbonyl (C=O) groups is 1. The number of carbonyl (C=O) groups excluding carboxylic acids is 1. The quantitative estimate of drug-likeness (QED) is 0.585. The number of fused-ring (bicyclic) bond motifs is 2. The molecule has 1 saturated heterocycles. The van der Waals surface area contributed by atoms with Crippen LogP contribution in [0.3, 0.4) is 0 Å². The number of hydrogen-bond acceptors (Lipinski definition) is 7. The van der Waals surface area contributed by atoms with E-state index in [1.807, 2.05) is 49.5 Å². The number of nitrogens with zero attached hydrogens (tertiary/aromatic N) is 4. The molecule has 0 spiro atoms. The number of piperazine rings is 1. The van der Waals surface area contributed by atoms with Crippen LogP contribution in [-0.2, 0) is 9.63 Å². The highest BCUT2D eigenvalue weighted by atomic mass is 16.6. The van der Waals surface area contributed by atoms with E-state index in [2.05, 4.69) is 15.0 Å². The molecule has 0 saturated carbocycles. The number of aromatic amines is 1. The summed E-state index contributed by atoms with van der Waals surface area (Å²) >= 11 is 0. The van der Waals surface area contributed by atoms with Gasteiger partial charge in [-0.25, -0.2) is 4.99 Å². The summed E-state index contributed by atoms with van der Waals surface area (Å²) in [5.74, 6) is 0.536. The van der Waals surface area contributed by atoms with Crippen LogP contribution in [0.15, 0.2) is 52.6 Å². The lowest BCUT2D eigenvalue weighted by Gasteiger charge is -2.32. The lowest BCUT2D eigenvalue weighted by molar-refractivity contribution is -0.137. The van der Waals surface area contributed by atoms with Crippen LogP contribution in [0.1, 0.15) is 11.1 Å². The zero-order chi connectivity index (χ0) is 22.9. The van der Waals surface area contributed by atoms with E-state index in [4.69, 9.17) is 14.6 Å². The molecule has 0 bridgehead atoms. The van der Waals surface area contributed by atoms with Gasteiger partial charge in [-0.15, -0.1) is 0 Å². The van der Waals surface area contributed by atoms with Gasteiger partial charge in [0.1, 0.15) is 17.2 Å². The minimum Gasteiger partial charge on any atom is -0.497 e. The summed E-state index contributed by atoms with van der Waals surface area (Å²) in [7, 11) is 3.63. The number of ether oxygens (including phenoxy) is 1. The Labute approximate surface area is 190 Å². The molecule has 5 rings (SSSR count). The Morgan fingerprint density at radius 3 is 2.76 bits per heavy atom. The number of likely N-dealkylation sites (N-methyl/N-ethyl adjacent to an activating group) is 1. The maximum atomic E-state index is 12.6. The maximum absolute atomic E-state index is 12.6. The first-order chi connectivity index (χ1) is 16.0. The number of aromatic nitrogens is 1. The molecule has 170 valence electrons. The van der Waals surface area contributed by atoms with Crippen LogP contribution in [0, 0.1) is 0 Å². The minimum atomic E-state index is -0.156. The largest absolute Gasteiger partial charge is 0.497 e. The van der Waals surface area contributed by atoms with E-state index in [0.717, 1.165) is 35.2 Å². The van der Waals surface area contributed by atoms with Gasteiger partial charge in [0.2, 0.25) is 0 Å². The van der Waals surface area contributed by atoms with Crippen molar-refractivity contribution in [2.75, 3.05) is 46.9 Å². The molecule has 3 heterocycles. The normalized spacial score (nSPS) is 17.3. The molecule has 33 heavy (non-hydrogen) atoms. The van der Waals surface area contributed by atoms with Crippen molar-refractivity contribution >= 4 is 33.9 Å². The van der Waals surface area contributed by atoms with E-state index in [-0.39, 0.29) is 18.4 Å². The third-order valence-electron chi connectivity index (χ3n) is 6.04. The molecule has 0 aliphatic carbocycles. The number of methoxy groups -OCH3 is 1. The van der Waals surface area contributed by atoms with Crippen molar-refractivity contribution in [3.63, 3.8) is 0 Å². The number of aliphatic imine (C=N–C) groups is 1. The van der Waals surface area contributed by atoms with Crippen molar-refractivity contribution in [2.45, 2.75) is 0 Å². The van der Waals surface area contributed by atoms with Crippen LogP contribution in [0.5, 0.6) is 11.6 Å². The van der Waals surface area contributed by atoms with Gasteiger partial charge in [0, 0.05) is 42.6 Å². The summed E-state index contributed by atoms with van der Waals surface area (Å²) in [6.45, 7) is 2.88. The summed E-state index contributed by atoms with van der Waals surface area (Å²) < 4.78 is 5.36. The monoisotopic (exact) mass is 447 g/mol. The van der Waals surface area contributed by atoms with Gasteiger partial charge in [-0.05, 0) is 31.3 Å². The number of benzene rings is 2. The number of hydrogen-bond donors (Lipinski definition) is 2. The average Bonchev–Trinajstić information content (AvgIpc) is 3.35. The summed E-state index contributed by atoms with van der Waals surface area (Å²) in [5, 5.41) is 15.8. The fourth-order valence-electron chi connectivity index (χ4n) is 4.16. The van der Waals surface area contributed by atoms with Gasteiger partial charge in [-0.1, -0.05) is 23.4 Å². The lowest BCUT2D eigenvalue weighted by atomic mass is 10.0. The molecule has 0 radical (unpaired) electrons. The first-order valence-corrected chi connectivity index (χ1v) is 10.8. The van der Waals surface area contributed by atoms with E-state index in [1.165, 1.54) is 0 Å². The molecule has 1 fully saturated rings. The Balaban J connectivity index is 1.46. The zero-order valence-electron chi connectivity index (χ0n) is 18.5. The van der Waals surface area contributed by atoms with Crippen molar-refractivity contribution in [1.82, 2.24) is 14.8 Å². The Hall–Kier alpha value is -3.85. The van der Waals surface area contributed by atoms with E-state index in [1.54, 1.807) is 12.0 Å². The Bertz CT molecular complexity index is 1270. The molecule has 3 aromatic rings. The van der Waals surface area contributed by atoms with E-state index < -0.39 is 0 Å². The van der Waals surface area contributed by atoms with E-state index in [9.17, 15) is 9.90 Å². The van der Waals surface area contributed by atoms with Crippen LogP contribution in [0.25, 0.3) is 10.9 Å². The molecule has 1 aromatic heterocycles. The lowest BCUT2D eigenvalue weighted by Crippen LogP contribution is -2.48. The number of para-hydroxylation sites is 1. The second-order valence-corrected chi connectivity index (χ2v) is 8.14.